The third-order valence-electron chi connectivity index (χ3n) is 3.48. The summed E-state index contributed by atoms with van der Waals surface area (Å²) in [4.78, 5) is 23.4. The highest BCUT2D eigenvalue weighted by Gasteiger charge is 2.30. The van der Waals surface area contributed by atoms with Gasteiger partial charge < -0.3 is 10.6 Å². The Balaban J connectivity index is 2.21. The van der Waals surface area contributed by atoms with Gasteiger partial charge in [0.15, 0.2) is 0 Å². The van der Waals surface area contributed by atoms with Crippen LogP contribution < -0.4 is 10.6 Å². The van der Waals surface area contributed by atoms with E-state index < -0.39 is 17.6 Å². The van der Waals surface area contributed by atoms with Crippen LogP contribution in [0.25, 0.3) is 6.08 Å². The fourth-order valence-electron chi connectivity index (χ4n) is 2.25. The van der Waals surface area contributed by atoms with Crippen molar-refractivity contribution in [3.05, 3.63) is 64.2 Å². The van der Waals surface area contributed by atoms with Gasteiger partial charge in [-0.3, -0.25) is 9.59 Å². The second-order valence-electron chi connectivity index (χ2n) is 5.79. The van der Waals surface area contributed by atoms with E-state index in [4.69, 9.17) is 11.6 Å². The lowest BCUT2D eigenvalue weighted by Crippen LogP contribution is -2.13. The van der Waals surface area contributed by atoms with E-state index in [-0.39, 0.29) is 16.5 Å². The first-order valence-corrected chi connectivity index (χ1v) is 8.18. The van der Waals surface area contributed by atoms with E-state index in [2.05, 4.69) is 10.6 Å². The Morgan fingerprint density at radius 3 is 2.37 bits per heavy atom. The number of carbonyl (C=O) groups is 2. The molecule has 4 nitrogen and oxygen atoms in total. The minimum absolute atomic E-state index is 0.0629. The number of nitrogens with one attached hydrogen (secondary N) is 2. The minimum Gasteiger partial charge on any atom is -0.325 e. The summed E-state index contributed by atoms with van der Waals surface area (Å²) in [5, 5.41) is 5.26. The zero-order valence-electron chi connectivity index (χ0n) is 14.4. The first-order chi connectivity index (χ1) is 12.6. The third-order valence-corrected chi connectivity index (χ3v) is 3.83. The van der Waals surface area contributed by atoms with E-state index in [9.17, 15) is 22.8 Å². The van der Waals surface area contributed by atoms with Crippen LogP contribution in [0, 0.1) is 6.92 Å². The molecular formula is C19H16ClF3N2O2. The van der Waals surface area contributed by atoms with Gasteiger partial charge in [0.2, 0.25) is 11.8 Å². The number of rotatable bonds is 4. The Morgan fingerprint density at radius 1 is 1.04 bits per heavy atom. The maximum atomic E-state index is 12.8. The third kappa shape index (κ3) is 5.86. The standard InChI is InChI=1S/C19H16ClF3N2O2/c1-11-3-7-16(24-12(2)26)17(9-11)25-18(27)8-4-13-10-14(19(21,22)23)5-6-15(13)20/h3-10H,1-2H3,(H,24,26)(H,25,27)/b8-4+. The number of aryl methyl sites for hydroxylation is 1. The van der Waals surface area contributed by atoms with Crippen LogP contribution in [0.15, 0.2) is 42.5 Å². The lowest BCUT2D eigenvalue weighted by atomic mass is 10.1. The number of carbonyl (C=O) groups excluding carboxylic acids is 2. The number of hydrogen-bond donors (Lipinski definition) is 2. The quantitative estimate of drug-likeness (QED) is 0.691. The summed E-state index contributed by atoms with van der Waals surface area (Å²) >= 11 is 5.90. The van der Waals surface area contributed by atoms with Crippen molar-refractivity contribution < 1.29 is 22.8 Å². The second kappa shape index (κ2) is 8.26. The molecule has 142 valence electrons. The van der Waals surface area contributed by atoms with E-state index in [1.54, 1.807) is 18.2 Å². The Kier molecular flexibility index (Phi) is 6.28. The average molecular weight is 397 g/mol. The Labute approximate surface area is 159 Å². The van der Waals surface area contributed by atoms with Crippen molar-refractivity contribution in [3.8, 4) is 0 Å². The smallest absolute Gasteiger partial charge is 0.325 e. The molecule has 0 unspecified atom stereocenters. The molecular weight excluding hydrogens is 381 g/mol. The van der Waals surface area contributed by atoms with Crippen molar-refractivity contribution in [1.82, 2.24) is 0 Å². The summed E-state index contributed by atoms with van der Waals surface area (Å²) in [6.45, 7) is 3.15. The number of hydrogen-bond acceptors (Lipinski definition) is 2. The molecule has 2 N–H and O–H groups in total. The molecule has 0 aliphatic rings. The largest absolute Gasteiger partial charge is 0.416 e. The number of alkyl halides is 3. The summed E-state index contributed by atoms with van der Waals surface area (Å²) in [5.74, 6) is -0.888. The minimum atomic E-state index is -4.51. The molecule has 2 aromatic carbocycles. The van der Waals surface area contributed by atoms with E-state index in [0.29, 0.717) is 11.4 Å². The van der Waals surface area contributed by atoms with Gasteiger partial charge in [0, 0.05) is 18.0 Å². The predicted octanol–water partition coefficient (Wildman–Crippen LogP) is 5.28. The number of halogens is 4. The van der Waals surface area contributed by atoms with Gasteiger partial charge in [-0.05, 0) is 54.5 Å². The van der Waals surface area contributed by atoms with Crippen molar-refractivity contribution in [1.29, 1.82) is 0 Å². The molecule has 0 aliphatic carbocycles. The highest BCUT2D eigenvalue weighted by molar-refractivity contribution is 6.32. The Morgan fingerprint density at radius 2 is 1.74 bits per heavy atom. The van der Waals surface area contributed by atoms with Crippen LogP contribution >= 0.6 is 11.6 Å². The van der Waals surface area contributed by atoms with Gasteiger partial charge in [0.1, 0.15) is 0 Å². The summed E-state index contributed by atoms with van der Waals surface area (Å²) in [6, 6.07) is 7.91. The summed E-state index contributed by atoms with van der Waals surface area (Å²) in [6.07, 6.45) is -2.24. The lowest BCUT2D eigenvalue weighted by molar-refractivity contribution is -0.137. The van der Waals surface area contributed by atoms with E-state index in [1.165, 1.54) is 13.0 Å². The molecule has 27 heavy (non-hydrogen) atoms. The molecule has 2 rings (SSSR count). The molecule has 0 fully saturated rings. The monoisotopic (exact) mass is 396 g/mol. The van der Waals surface area contributed by atoms with Crippen LogP contribution in [0.1, 0.15) is 23.6 Å². The van der Waals surface area contributed by atoms with Crippen LogP contribution in [0.5, 0.6) is 0 Å². The topological polar surface area (TPSA) is 58.2 Å². The zero-order chi connectivity index (χ0) is 20.2. The van der Waals surface area contributed by atoms with Crippen molar-refractivity contribution in [2.24, 2.45) is 0 Å². The van der Waals surface area contributed by atoms with Crippen LogP contribution in [0.2, 0.25) is 5.02 Å². The fraction of sp³-hybridized carbons (Fsp3) is 0.158. The molecule has 2 amide bonds. The molecule has 8 heteroatoms. The van der Waals surface area contributed by atoms with Crippen molar-refractivity contribution in [2.75, 3.05) is 10.6 Å². The van der Waals surface area contributed by atoms with Gasteiger partial charge in [-0.1, -0.05) is 17.7 Å². The molecule has 2 aromatic rings. The van der Waals surface area contributed by atoms with Gasteiger partial charge >= 0.3 is 6.18 Å². The van der Waals surface area contributed by atoms with Gasteiger partial charge in [-0.15, -0.1) is 0 Å². The zero-order valence-corrected chi connectivity index (χ0v) is 15.2. The van der Waals surface area contributed by atoms with Crippen LogP contribution in [-0.2, 0) is 15.8 Å². The molecule has 0 saturated carbocycles. The second-order valence-corrected chi connectivity index (χ2v) is 6.19. The predicted molar refractivity (Wildman–Crippen MR) is 99.6 cm³/mol. The average Bonchev–Trinajstić information content (AvgIpc) is 2.55. The lowest BCUT2D eigenvalue weighted by Gasteiger charge is -2.11. The van der Waals surface area contributed by atoms with Crippen molar-refractivity contribution in [2.45, 2.75) is 20.0 Å². The molecule has 0 atom stereocenters. The fourth-order valence-corrected chi connectivity index (χ4v) is 2.43. The molecule has 0 bridgehead atoms. The molecule has 0 saturated heterocycles. The van der Waals surface area contributed by atoms with Crippen LogP contribution in [0.3, 0.4) is 0 Å². The first-order valence-electron chi connectivity index (χ1n) is 7.80. The van der Waals surface area contributed by atoms with Gasteiger partial charge in [-0.25, -0.2) is 0 Å². The van der Waals surface area contributed by atoms with Crippen LogP contribution in [0.4, 0.5) is 24.5 Å². The van der Waals surface area contributed by atoms with Crippen molar-refractivity contribution in [3.63, 3.8) is 0 Å². The number of amides is 2. The molecule has 0 aliphatic heterocycles. The summed E-state index contributed by atoms with van der Waals surface area (Å²) in [5.41, 5.74) is 0.831. The Hall–Kier alpha value is -2.80. The maximum Gasteiger partial charge on any atom is 0.416 e. The van der Waals surface area contributed by atoms with Crippen LogP contribution in [-0.4, -0.2) is 11.8 Å². The molecule has 0 spiro atoms. The number of anilines is 2. The first kappa shape index (κ1) is 20.5. The highest BCUT2D eigenvalue weighted by atomic mass is 35.5. The van der Waals surface area contributed by atoms with Gasteiger partial charge in [0.05, 0.1) is 16.9 Å². The Bertz CT molecular complexity index is 908. The highest BCUT2D eigenvalue weighted by Crippen LogP contribution is 2.32. The van der Waals surface area contributed by atoms with E-state index in [0.717, 1.165) is 29.8 Å². The van der Waals surface area contributed by atoms with E-state index >= 15 is 0 Å². The van der Waals surface area contributed by atoms with Gasteiger partial charge in [-0.2, -0.15) is 13.2 Å². The molecule has 0 aromatic heterocycles. The summed E-state index contributed by atoms with van der Waals surface area (Å²) in [7, 11) is 0. The summed E-state index contributed by atoms with van der Waals surface area (Å²) < 4.78 is 38.4. The molecule has 0 heterocycles. The maximum absolute atomic E-state index is 12.8. The SMILES string of the molecule is CC(=O)Nc1ccc(C)cc1NC(=O)/C=C/c1cc(C(F)(F)F)ccc1Cl. The molecule has 0 radical (unpaired) electrons. The number of benzene rings is 2. The van der Waals surface area contributed by atoms with Crippen molar-refractivity contribution >= 4 is 40.9 Å². The van der Waals surface area contributed by atoms with Gasteiger partial charge in [0.25, 0.3) is 0 Å². The van der Waals surface area contributed by atoms with E-state index in [1.807, 2.05) is 6.92 Å². The normalized spacial score (nSPS) is 11.5.